The molecule has 2 heterocycles. The first-order valence-electron chi connectivity index (χ1n) is 6.30. The van der Waals surface area contributed by atoms with Gasteiger partial charge in [0.2, 0.25) is 0 Å². The van der Waals surface area contributed by atoms with Gasteiger partial charge in [0.1, 0.15) is 6.10 Å². The van der Waals surface area contributed by atoms with Gasteiger partial charge in [0.05, 0.1) is 12.8 Å². The van der Waals surface area contributed by atoms with Crippen molar-refractivity contribution >= 4 is 5.97 Å². The number of nitrogens with one attached hydrogen (secondary N) is 1. The highest BCUT2D eigenvalue weighted by Gasteiger charge is 2.27. The van der Waals surface area contributed by atoms with E-state index in [1.807, 2.05) is 13.8 Å². The largest absolute Gasteiger partial charge is 0.464 e. The first-order valence-corrected chi connectivity index (χ1v) is 6.30. The van der Waals surface area contributed by atoms with Gasteiger partial charge in [0, 0.05) is 25.8 Å². The molecule has 6 nitrogen and oxygen atoms in total. The third-order valence-electron chi connectivity index (χ3n) is 3.20. The first-order chi connectivity index (χ1) is 9.08. The van der Waals surface area contributed by atoms with Gasteiger partial charge in [0.15, 0.2) is 11.5 Å². The predicted molar refractivity (Wildman–Crippen MR) is 68.5 cm³/mol. The minimum atomic E-state index is -0.429. The number of hydrogen-bond acceptors (Lipinski definition) is 6. The summed E-state index contributed by atoms with van der Waals surface area (Å²) in [4.78, 5) is 20.7. The summed E-state index contributed by atoms with van der Waals surface area (Å²) in [6, 6.07) is 0. The molecule has 1 N–H and O–H groups in total. The average Bonchev–Trinajstić information content (AvgIpc) is 2.85. The van der Waals surface area contributed by atoms with Gasteiger partial charge < -0.3 is 14.8 Å². The molecule has 0 bridgehead atoms. The molecule has 1 atom stereocenters. The highest BCUT2D eigenvalue weighted by atomic mass is 16.5. The number of hydrogen-bond donors (Lipinski definition) is 1. The molecule has 1 aromatic heterocycles. The van der Waals surface area contributed by atoms with Crippen LogP contribution in [0.4, 0.5) is 0 Å². The molecule has 1 aromatic rings. The Kier molecular flexibility index (Phi) is 4.11. The second kappa shape index (κ2) is 5.63. The summed E-state index contributed by atoms with van der Waals surface area (Å²) in [6.07, 6.45) is -0.227. The Morgan fingerprint density at radius 1 is 1.26 bits per heavy atom. The number of carbonyl (C=O) groups excluding carboxylic acids is 1. The lowest BCUT2D eigenvalue weighted by Crippen LogP contribution is -2.18. The highest BCUT2D eigenvalue weighted by molar-refractivity contribution is 5.89. The smallest absolute Gasteiger partial charge is 0.357 e. The molecule has 0 amide bonds. The van der Waals surface area contributed by atoms with E-state index < -0.39 is 5.97 Å². The van der Waals surface area contributed by atoms with E-state index in [-0.39, 0.29) is 12.0 Å². The number of aromatic nitrogens is 2. The Bertz CT molecular complexity index is 488. The number of nitrogens with zero attached hydrogens (tertiary/aromatic N) is 2. The maximum Gasteiger partial charge on any atom is 0.357 e. The van der Waals surface area contributed by atoms with E-state index in [1.54, 1.807) is 7.11 Å². The molecular weight excluding hydrogens is 246 g/mol. The Morgan fingerprint density at radius 2 is 2.00 bits per heavy atom. The van der Waals surface area contributed by atoms with E-state index >= 15 is 0 Å². The Balaban J connectivity index is 2.50. The second-order valence-electron chi connectivity index (χ2n) is 4.85. The van der Waals surface area contributed by atoms with Crippen molar-refractivity contribution in [2.75, 3.05) is 14.2 Å². The molecule has 1 aliphatic rings. The molecule has 0 saturated carbocycles. The molecule has 0 radical (unpaired) electrons. The molecule has 1 aliphatic heterocycles. The van der Waals surface area contributed by atoms with Crippen LogP contribution < -0.4 is 5.32 Å². The number of esters is 1. The number of rotatable bonds is 4. The molecular formula is C13H19N3O3. The monoisotopic (exact) mass is 265 g/mol. The van der Waals surface area contributed by atoms with E-state index in [4.69, 9.17) is 9.47 Å². The van der Waals surface area contributed by atoms with Crippen LogP contribution in [0, 0.1) is 5.92 Å². The molecule has 1 unspecified atom stereocenters. The van der Waals surface area contributed by atoms with E-state index in [9.17, 15) is 4.79 Å². The summed E-state index contributed by atoms with van der Waals surface area (Å²) in [5.74, 6) is 0.338. The van der Waals surface area contributed by atoms with Crippen molar-refractivity contribution in [2.45, 2.75) is 33.0 Å². The van der Waals surface area contributed by atoms with Crippen molar-refractivity contribution < 1.29 is 14.3 Å². The molecule has 2 rings (SSSR count). The molecule has 0 saturated heterocycles. The van der Waals surface area contributed by atoms with Crippen molar-refractivity contribution in [2.24, 2.45) is 5.92 Å². The molecule has 104 valence electrons. The highest BCUT2D eigenvalue weighted by Crippen LogP contribution is 2.26. The molecule has 0 spiro atoms. The van der Waals surface area contributed by atoms with Crippen molar-refractivity contribution in [1.82, 2.24) is 15.3 Å². The van der Waals surface area contributed by atoms with Gasteiger partial charge in [0.25, 0.3) is 0 Å². The fourth-order valence-electron chi connectivity index (χ4n) is 2.26. The average molecular weight is 265 g/mol. The van der Waals surface area contributed by atoms with Crippen molar-refractivity contribution in [3.63, 3.8) is 0 Å². The van der Waals surface area contributed by atoms with Gasteiger partial charge in [-0.05, 0) is 5.92 Å². The Labute approximate surface area is 112 Å². The summed E-state index contributed by atoms with van der Waals surface area (Å²) in [5, 5.41) is 3.17. The predicted octanol–water partition coefficient (Wildman–Crippen LogP) is 1.21. The van der Waals surface area contributed by atoms with Crippen LogP contribution >= 0.6 is 0 Å². The lowest BCUT2D eigenvalue weighted by atomic mass is 10.1. The fraction of sp³-hybridized carbons (Fsp3) is 0.615. The number of ether oxygens (including phenoxy) is 2. The van der Waals surface area contributed by atoms with Crippen LogP contribution in [-0.2, 0) is 22.6 Å². The fourth-order valence-corrected chi connectivity index (χ4v) is 2.26. The molecule has 0 aliphatic carbocycles. The van der Waals surface area contributed by atoms with E-state index in [1.165, 1.54) is 7.11 Å². The van der Waals surface area contributed by atoms with Gasteiger partial charge in [-0.25, -0.2) is 14.8 Å². The summed E-state index contributed by atoms with van der Waals surface area (Å²) >= 11 is 0. The number of fused-ring (bicyclic) bond motifs is 1. The lowest BCUT2D eigenvalue weighted by molar-refractivity contribution is 0.0540. The minimum Gasteiger partial charge on any atom is -0.464 e. The van der Waals surface area contributed by atoms with Crippen LogP contribution in [0.25, 0.3) is 0 Å². The van der Waals surface area contributed by atoms with Crippen LogP contribution in [0.15, 0.2) is 0 Å². The Hall–Kier alpha value is -1.53. The number of methoxy groups -OCH3 is 2. The molecule has 0 fully saturated rings. The summed E-state index contributed by atoms with van der Waals surface area (Å²) < 4.78 is 10.2. The van der Waals surface area contributed by atoms with Crippen LogP contribution in [0.5, 0.6) is 0 Å². The zero-order valence-electron chi connectivity index (χ0n) is 11.7. The van der Waals surface area contributed by atoms with E-state index in [2.05, 4.69) is 15.3 Å². The van der Waals surface area contributed by atoms with Crippen molar-refractivity contribution in [3.8, 4) is 0 Å². The lowest BCUT2D eigenvalue weighted by Gasteiger charge is -2.19. The van der Waals surface area contributed by atoms with Crippen molar-refractivity contribution in [1.29, 1.82) is 0 Å². The van der Waals surface area contributed by atoms with Gasteiger partial charge in [-0.15, -0.1) is 0 Å². The van der Waals surface area contributed by atoms with Crippen LogP contribution in [0.2, 0.25) is 0 Å². The maximum absolute atomic E-state index is 11.8. The topological polar surface area (TPSA) is 73.3 Å². The third-order valence-corrected chi connectivity index (χ3v) is 3.20. The number of carbonyl (C=O) groups is 1. The normalized spacial score (nSPS) is 15.4. The molecule has 19 heavy (non-hydrogen) atoms. The van der Waals surface area contributed by atoms with E-state index in [0.29, 0.717) is 24.6 Å². The zero-order valence-corrected chi connectivity index (χ0v) is 11.7. The van der Waals surface area contributed by atoms with Crippen LogP contribution in [0.1, 0.15) is 47.5 Å². The van der Waals surface area contributed by atoms with Crippen molar-refractivity contribution in [3.05, 3.63) is 22.8 Å². The SMILES string of the molecule is COC(=O)c1nc(C(OC)C(C)C)nc2c1CNC2. The maximum atomic E-state index is 11.8. The molecule has 0 aromatic carbocycles. The van der Waals surface area contributed by atoms with Gasteiger partial charge in [-0.3, -0.25) is 0 Å². The summed E-state index contributed by atoms with van der Waals surface area (Å²) in [7, 11) is 2.98. The minimum absolute atomic E-state index is 0.225. The Morgan fingerprint density at radius 3 is 2.58 bits per heavy atom. The third kappa shape index (κ3) is 2.59. The van der Waals surface area contributed by atoms with Gasteiger partial charge in [-0.1, -0.05) is 13.8 Å². The molecule has 6 heteroatoms. The quantitative estimate of drug-likeness (QED) is 0.825. The summed E-state index contributed by atoms with van der Waals surface area (Å²) in [6.45, 7) is 5.30. The second-order valence-corrected chi connectivity index (χ2v) is 4.85. The van der Waals surface area contributed by atoms with Crippen LogP contribution in [-0.4, -0.2) is 30.2 Å². The van der Waals surface area contributed by atoms with E-state index in [0.717, 1.165) is 11.3 Å². The van der Waals surface area contributed by atoms with Gasteiger partial charge >= 0.3 is 5.97 Å². The first kappa shape index (κ1) is 13.9. The van der Waals surface area contributed by atoms with Crippen LogP contribution in [0.3, 0.4) is 0 Å². The summed E-state index contributed by atoms with van der Waals surface area (Å²) in [5.41, 5.74) is 2.03. The zero-order chi connectivity index (χ0) is 14.0. The standard InChI is InChI=1S/C13H19N3O3/c1-7(2)11(18-3)12-15-9-6-14-5-8(9)10(16-12)13(17)19-4/h7,11,14H,5-6H2,1-4H3. The van der Waals surface area contributed by atoms with Gasteiger partial charge in [-0.2, -0.15) is 0 Å².